The van der Waals surface area contributed by atoms with Crippen LogP contribution < -0.4 is 5.32 Å². The zero-order valence-corrected chi connectivity index (χ0v) is 11.3. The van der Waals surface area contributed by atoms with Gasteiger partial charge < -0.3 is 10.4 Å². The van der Waals surface area contributed by atoms with Crippen LogP contribution in [0.2, 0.25) is 0 Å². The molecular weight excluding hydrogens is 286 g/mol. The topological polar surface area (TPSA) is 116 Å². The largest absolute Gasteiger partial charge is 0.478 e. The molecule has 2 aromatic carbocycles. The maximum atomic E-state index is 10.8. The predicted octanol–water partition coefficient (Wildman–Crippen LogP) is 2.78. The van der Waals surface area contributed by atoms with E-state index in [1.54, 1.807) is 12.1 Å². The van der Waals surface area contributed by atoms with Gasteiger partial charge in [-0.05, 0) is 23.8 Å². The molecule has 0 bridgehead atoms. The zero-order chi connectivity index (χ0) is 16.1. The zero-order valence-electron chi connectivity index (χ0n) is 11.3. The second kappa shape index (κ2) is 6.37. The molecular formula is C15H11N3O4. The number of carboxylic acids is 1. The van der Waals surface area contributed by atoms with Gasteiger partial charge in [0.05, 0.1) is 21.7 Å². The molecule has 0 saturated heterocycles. The van der Waals surface area contributed by atoms with Crippen molar-refractivity contribution < 1.29 is 14.8 Å². The average molecular weight is 297 g/mol. The van der Waals surface area contributed by atoms with Crippen molar-refractivity contribution in [3.63, 3.8) is 0 Å². The van der Waals surface area contributed by atoms with Gasteiger partial charge in [0.1, 0.15) is 6.07 Å². The van der Waals surface area contributed by atoms with E-state index >= 15 is 0 Å². The molecule has 2 rings (SSSR count). The molecule has 0 aliphatic heterocycles. The Morgan fingerprint density at radius 1 is 1.27 bits per heavy atom. The number of rotatable bonds is 5. The van der Waals surface area contributed by atoms with Crippen molar-refractivity contribution >= 4 is 17.3 Å². The summed E-state index contributed by atoms with van der Waals surface area (Å²) in [5.41, 5.74) is 1.53. The molecule has 0 aromatic heterocycles. The molecule has 0 radical (unpaired) electrons. The van der Waals surface area contributed by atoms with Crippen LogP contribution in [-0.4, -0.2) is 16.0 Å². The summed E-state index contributed by atoms with van der Waals surface area (Å²) in [5.74, 6) is -0.998. The maximum Gasteiger partial charge on any atom is 0.335 e. The number of nitrogens with one attached hydrogen (secondary N) is 1. The van der Waals surface area contributed by atoms with E-state index in [1.165, 1.54) is 30.3 Å². The van der Waals surface area contributed by atoms with Gasteiger partial charge >= 0.3 is 5.97 Å². The third-order valence-corrected chi connectivity index (χ3v) is 3.02. The summed E-state index contributed by atoms with van der Waals surface area (Å²) in [6.07, 6.45) is 0. The number of anilines is 1. The molecule has 0 aliphatic carbocycles. The second-order valence-corrected chi connectivity index (χ2v) is 4.45. The lowest BCUT2D eigenvalue weighted by molar-refractivity contribution is -0.384. The molecule has 0 aliphatic rings. The van der Waals surface area contributed by atoms with Gasteiger partial charge in [0, 0.05) is 18.7 Å². The van der Waals surface area contributed by atoms with Crippen LogP contribution in [0.3, 0.4) is 0 Å². The number of non-ortho nitro benzene ring substituents is 1. The third-order valence-electron chi connectivity index (χ3n) is 3.02. The number of hydrogen-bond donors (Lipinski definition) is 2. The summed E-state index contributed by atoms with van der Waals surface area (Å²) in [4.78, 5) is 20.9. The van der Waals surface area contributed by atoms with E-state index in [2.05, 4.69) is 5.32 Å². The highest BCUT2D eigenvalue weighted by Gasteiger charge is 2.10. The van der Waals surface area contributed by atoms with Crippen LogP contribution >= 0.6 is 0 Å². The Bertz CT molecular complexity index is 763. The minimum atomic E-state index is -0.998. The van der Waals surface area contributed by atoms with Crippen molar-refractivity contribution in [3.05, 3.63) is 69.3 Å². The number of nitrogens with zero attached hydrogens (tertiary/aromatic N) is 2. The van der Waals surface area contributed by atoms with E-state index in [0.29, 0.717) is 12.2 Å². The Balaban J connectivity index is 2.13. The fourth-order valence-corrected chi connectivity index (χ4v) is 1.85. The summed E-state index contributed by atoms with van der Waals surface area (Å²) in [7, 11) is 0. The highest BCUT2D eigenvalue weighted by Crippen LogP contribution is 2.22. The van der Waals surface area contributed by atoms with Crippen LogP contribution in [0, 0.1) is 21.4 Å². The van der Waals surface area contributed by atoms with Gasteiger partial charge in [-0.25, -0.2) is 4.79 Å². The molecule has 0 heterocycles. The van der Waals surface area contributed by atoms with E-state index in [9.17, 15) is 14.9 Å². The smallest absolute Gasteiger partial charge is 0.335 e. The van der Waals surface area contributed by atoms with Crippen LogP contribution in [0.25, 0.3) is 0 Å². The van der Waals surface area contributed by atoms with Gasteiger partial charge in [0.2, 0.25) is 0 Å². The first-order valence-electron chi connectivity index (χ1n) is 6.26. The van der Waals surface area contributed by atoms with E-state index in [0.717, 1.165) is 5.56 Å². The summed E-state index contributed by atoms with van der Waals surface area (Å²) in [6, 6.07) is 12.2. The number of nitro groups is 1. The highest BCUT2D eigenvalue weighted by molar-refractivity contribution is 5.87. The van der Waals surface area contributed by atoms with Gasteiger partial charge in [-0.3, -0.25) is 10.1 Å². The van der Waals surface area contributed by atoms with Crippen molar-refractivity contribution in [2.45, 2.75) is 6.54 Å². The number of nitro benzene ring substituents is 1. The molecule has 2 N–H and O–H groups in total. The SMILES string of the molecule is N#Cc1cc([N+](=O)[O-])ccc1NCc1ccc(C(=O)O)cc1. The number of nitriles is 1. The van der Waals surface area contributed by atoms with Gasteiger partial charge in [-0.2, -0.15) is 5.26 Å². The number of carboxylic acid groups (broad SMARTS) is 1. The monoisotopic (exact) mass is 297 g/mol. The number of hydrogen-bond acceptors (Lipinski definition) is 5. The Labute approximate surface area is 125 Å². The van der Waals surface area contributed by atoms with E-state index in [-0.39, 0.29) is 16.8 Å². The molecule has 22 heavy (non-hydrogen) atoms. The van der Waals surface area contributed by atoms with Crippen molar-refractivity contribution in [2.75, 3.05) is 5.32 Å². The predicted molar refractivity (Wildman–Crippen MR) is 78.5 cm³/mol. The standard InChI is InChI=1S/C15H11N3O4/c16-8-12-7-13(18(21)22)5-6-14(12)17-9-10-1-3-11(4-2-10)15(19)20/h1-7,17H,9H2,(H,19,20). The molecule has 7 nitrogen and oxygen atoms in total. The van der Waals surface area contributed by atoms with Gasteiger partial charge in [0.25, 0.3) is 5.69 Å². The molecule has 110 valence electrons. The van der Waals surface area contributed by atoms with Crippen LogP contribution in [0.4, 0.5) is 11.4 Å². The molecule has 0 unspecified atom stereocenters. The van der Waals surface area contributed by atoms with E-state index in [4.69, 9.17) is 10.4 Å². The van der Waals surface area contributed by atoms with Crippen molar-refractivity contribution in [3.8, 4) is 6.07 Å². The van der Waals surface area contributed by atoms with E-state index < -0.39 is 10.9 Å². The van der Waals surface area contributed by atoms with Crippen LogP contribution in [0.5, 0.6) is 0 Å². The molecule has 2 aromatic rings. The second-order valence-electron chi connectivity index (χ2n) is 4.45. The highest BCUT2D eigenvalue weighted by atomic mass is 16.6. The first kappa shape index (κ1) is 15.0. The molecule has 0 fully saturated rings. The minimum absolute atomic E-state index is 0.145. The Kier molecular flexibility index (Phi) is 4.34. The quantitative estimate of drug-likeness (QED) is 0.647. The summed E-state index contributed by atoms with van der Waals surface area (Å²) < 4.78 is 0. The van der Waals surface area contributed by atoms with Crippen molar-refractivity contribution in [1.82, 2.24) is 0 Å². The lowest BCUT2D eigenvalue weighted by Gasteiger charge is -2.08. The first-order valence-corrected chi connectivity index (χ1v) is 6.26. The van der Waals surface area contributed by atoms with E-state index in [1.807, 2.05) is 6.07 Å². The van der Waals surface area contributed by atoms with Crippen molar-refractivity contribution in [2.24, 2.45) is 0 Å². The van der Waals surface area contributed by atoms with Gasteiger partial charge in [-0.1, -0.05) is 12.1 Å². The molecule has 0 spiro atoms. The number of carbonyl (C=O) groups is 1. The molecule has 0 saturated carbocycles. The fourth-order valence-electron chi connectivity index (χ4n) is 1.85. The van der Waals surface area contributed by atoms with Gasteiger partial charge in [0.15, 0.2) is 0 Å². The normalized spacial score (nSPS) is 9.77. The molecule has 7 heteroatoms. The van der Waals surface area contributed by atoms with Crippen molar-refractivity contribution in [1.29, 1.82) is 5.26 Å². The average Bonchev–Trinajstić information content (AvgIpc) is 2.52. The first-order chi connectivity index (χ1) is 10.5. The summed E-state index contributed by atoms with van der Waals surface area (Å²) in [6.45, 7) is 0.367. The van der Waals surface area contributed by atoms with Gasteiger partial charge in [-0.15, -0.1) is 0 Å². The maximum absolute atomic E-state index is 10.8. The van der Waals surface area contributed by atoms with Crippen LogP contribution in [0.15, 0.2) is 42.5 Å². The lowest BCUT2D eigenvalue weighted by atomic mass is 10.1. The Morgan fingerprint density at radius 2 is 1.95 bits per heavy atom. The van der Waals surface area contributed by atoms with Crippen LogP contribution in [-0.2, 0) is 6.54 Å². The lowest BCUT2D eigenvalue weighted by Crippen LogP contribution is -2.03. The minimum Gasteiger partial charge on any atom is -0.478 e. The summed E-state index contributed by atoms with van der Waals surface area (Å²) in [5, 5.41) is 31.5. The number of aromatic carboxylic acids is 1. The Morgan fingerprint density at radius 3 is 2.50 bits per heavy atom. The molecule has 0 amide bonds. The third kappa shape index (κ3) is 3.37. The van der Waals surface area contributed by atoms with Crippen LogP contribution in [0.1, 0.15) is 21.5 Å². The molecule has 0 atom stereocenters. The number of benzene rings is 2. The summed E-state index contributed by atoms with van der Waals surface area (Å²) >= 11 is 0. The fraction of sp³-hybridized carbons (Fsp3) is 0.0667. The Hall–Kier alpha value is -3.40.